The van der Waals surface area contributed by atoms with Crippen LogP contribution in [-0.4, -0.2) is 115 Å². The molecule has 0 radical (unpaired) electrons. The summed E-state index contributed by atoms with van der Waals surface area (Å²) >= 11 is 1.17. The number of rotatable bonds is 33. The van der Waals surface area contributed by atoms with Gasteiger partial charge in [0.25, 0.3) is 0 Å². The van der Waals surface area contributed by atoms with Crippen LogP contribution in [0.25, 0.3) is 0 Å². The first-order chi connectivity index (χ1) is 34.7. The number of hydrogen-bond acceptors (Lipinski definition) is 24. The molecule has 5 rings (SSSR count). The monoisotopic (exact) mass is 1150 g/mol. The molecule has 0 saturated carbocycles. The van der Waals surface area contributed by atoms with E-state index >= 15 is 0 Å². The molecule has 1 N–H and O–H groups in total. The van der Waals surface area contributed by atoms with Crippen molar-refractivity contribution in [3.05, 3.63) is 82.3 Å². The molecular weight excluding hydrogens is 1100 g/mol. The summed E-state index contributed by atoms with van der Waals surface area (Å²) in [6.45, 7) is 1.65. The van der Waals surface area contributed by atoms with Gasteiger partial charge in [-0.15, -0.1) is 0 Å². The molecule has 74 heavy (non-hydrogen) atoms. The second-order valence-electron chi connectivity index (χ2n) is 17.8. The molecule has 2 heterocycles. The normalized spacial score (nSPS) is 20.3. The molecule has 0 aromatic heterocycles. The number of carbonyl (C=O) groups is 2. The Kier molecular flexibility index (Phi) is 21.5. The van der Waals surface area contributed by atoms with Gasteiger partial charge in [-0.25, -0.2) is 33.7 Å². The number of ketones is 1. The number of anilines is 1. The lowest BCUT2D eigenvalue weighted by molar-refractivity contribution is -0.777. The van der Waals surface area contributed by atoms with Gasteiger partial charge < -0.3 is 43.8 Å². The first-order valence-corrected chi connectivity index (χ1v) is 30.8. The minimum absolute atomic E-state index is 0.0635. The molecular formula is C44H52N2O22S6-6. The molecule has 2 atom stereocenters. The predicted octanol–water partition coefficient (Wildman–Crippen LogP) is 2.00. The van der Waals surface area contributed by atoms with Crippen molar-refractivity contribution in [2.75, 3.05) is 41.0 Å². The number of carbonyl (C=O) groups excluding carboxylic acids is 1. The lowest BCUT2D eigenvalue weighted by Crippen LogP contribution is -2.39. The average Bonchev–Trinajstić information content (AvgIpc) is 3.70. The van der Waals surface area contributed by atoms with Gasteiger partial charge in [-0.3, -0.25) is 19.7 Å². The minimum Gasteiger partial charge on any atom is -0.871 e. The Balaban J connectivity index is 1.80. The van der Waals surface area contributed by atoms with Crippen LogP contribution < -0.4 is 20.5 Å². The van der Waals surface area contributed by atoms with Gasteiger partial charge in [0.2, 0.25) is 5.69 Å². The Morgan fingerprint density at radius 1 is 0.743 bits per heavy atom. The molecule has 1 aliphatic carbocycles. The number of benzene rings is 2. The maximum atomic E-state index is 14.7. The maximum Gasteiger partial charge on any atom is 0.303 e. The highest BCUT2D eigenvalue weighted by atomic mass is 32.2. The highest BCUT2D eigenvalue weighted by Gasteiger charge is 2.52. The van der Waals surface area contributed by atoms with E-state index < -0.39 is 102 Å². The van der Waals surface area contributed by atoms with Crippen LogP contribution in [-0.2, 0) is 79.6 Å². The summed E-state index contributed by atoms with van der Waals surface area (Å²) in [5, 5.41) is 52.6. The molecule has 2 aromatic rings. The summed E-state index contributed by atoms with van der Waals surface area (Å²) in [4.78, 5) is 27.2. The number of hydrogen-bond donors (Lipinski definition) is 1. The van der Waals surface area contributed by atoms with Crippen LogP contribution in [0.3, 0.4) is 0 Å². The van der Waals surface area contributed by atoms with Crippen molar-refractivity contribution in [1.29, 1.82) is 0 Å². The fourth-order valence-electron chi connectivity index (χ4n) is 9.95. The highest BCUT2D eigenvalue weighted by Crippen LogP contribution is 2.55. The van der Waals surface area contributed by atoms with Crippen LogP contribution >= 0.6 is 24.1 Å². The van der Waals surface area contributed by atoms with Crippen LogP contribution in [0.1, 0.15) is 108 Å². The third-order valence-corrected chi connectivity index (χ3v) is 17.4. The van der Waals surface area contributed by atoms with Crippen molar-refractivity contribution in [3.8, 4) is 0 Å². The summed E-state index contributed by atoms with van der Waals surface area (Å²) in [5.41, 5.74) is -2.13. The van der Waals surface area contributed by atoms with Gasteiger partial charge in [-0.1, -0.05) is 25.5 Å². The first kappa shape index (κ1) is 61.0. The summed E-state index contributed by atoms with van der Waals surface area (Å²) in [5.74, 6) is -5.25. The zero-order valence-electron chi connectivity index (χ0n) is 39.6. The van der Waals surface area contributed by atoms with Crippen LogP contribution in [0.2, 0.25) is 0 Å². The van der Waals surface area contributed by atoms with Crippen molar-refractivity contribution in [2.24, 2.45) is 0 Å². The molecule has 0 bridgehead atoms. The zero-order valence-corrected chi connectivity index (χ0v) is 44.5. The molecule has 412 valence electrons. The second-order valence-corrected chi connectivity index (χ2v) is 25.3. The van der Waals surface area contributed by atoms with Gasteiger partial charge in [-0.05, 0) is 106 Å². The fourth-order valence-corrected chi connectivity index (χ4v) is 12.7. The molecule has 30 heteroatoms. The number of carboxylic acids is 1. The van der Waals surface area contributed by atoms with E-state index in [1.807, 2.05) is 0 Å². The SMILES string of the molecule is CCCC[C@]1(CCCS(=O)(=O)[O-])C(=CC2=C([O-])C(=CC3=[N+](CCCCCC(=O)O)c4ccc(SOO[O-])cc4[C@]3(CCCSOO[O-])CCCS(=O)(=O)[O-])C2=O)N(CCCS(=O)(=O)[O-])c2ccc(S(=O)(=O)[O-])cc21. The Labute approximate surface area is 437 Å². The van der Waals surface area contributed by atoms with Gasteiger partial charge in [0.1, 0.15) is 16.7 Å². The van der Waals surface area contributed by atoms with Crippen molar-refractivity contribution in [3.63, 3.8) is 0 Å². The van der Waals surface area contributed by atoms with E-state index in [2.05, 4.69) is 18.7 Å². The number of fused-ring (bicyclic) bond motifs is 2. The molecule has 0 unspecified atom stereocenters. The number of allylic oxidation sites excluding steroid dienone is 5. The smallest absolute Gasteiger partial charge is 0.303 e. The zero-order chi connectivity index (χ0) is 54.7. The quantitative estimate of drug-likeness (QED) is 0.0203. The van der Waals surface area contributed by atoms with Gasteiger partial charge >= 0.3 is 5.97 Å². The van der Waals surface area contributed by atoms with Gasteiger partial charge in [0, 0.05) is 105 Å². The van der Waals surface area contributed by atoms with E-state index in [1.54, 1.807) is 29.7 Å². The Morgan fingerprint density at radius 3 is 1.96 bits per heavy atom. The van der Waals surface area contributed by atoms with Crippen LogP contribution in [0.5, 0.6) is 0 Å². The topological polar surface area (TPSA) is 396 Å². The Bertz CT molecular complexity index is 2990. The van der Waals surface area contributed by atoms with Crippen LogP contribution in [0, 0.1) is 0 Å². The number of nitrogens with zero attached hydrogens (tertiary/aromatic N) is 2. The lowest BCUT2D eigenvalue weighted by atomic mass is 9.69. The van der Waals surface area contributed by atoms with Crippen molar-refractivity contribution in [2.45, 2.75) is 117 Å². The number of unbranched alkanes of at least 4 members (excludes halogenated alkanes) is 3. The molecule has 2 aromatic carbocycles. The first-order valence-electron chi connectivity index (χ1n) is 23.0. The molecule has 0 saturated heterocycles. The molecule has 0 amide bonds. The second kappa shape index (κ2) is 26.0. The van der Waals surface area contributed by atoms with Crippen molar-refractivity contribution >= 4 is 93.4 Å². The molecule has 3 aliphatic rings. The summed E-state index contributed by atoms with van der Waals surface area (Å²) in [6.07, 6.45) is 3.28. The average molecular weight is 1150 g/mol. The lowest BCUT2D eigenvalue weighted by Gasteiger charge is -2.37. The maximum absolute atomic E-state index is 14.7. The van der Waals surface area contributed by atoms with Gasteiger partial charge in [0.15, 0.2) is 11.5 Å². The Morgan fingerprint density at radius 2 is 1.36 bits per heavy atom. The number of aliphatic carboxylic acids is 1. The number of carboxylic acid groups (broad SMARTS) is 1. The largest absolute Gasteiger partial charge is 0.871 e. The Hall–Kier alpha value is -3.83. The van der Waals surface area contributed by atoms with E-state index in [0.29, 0.717) is 65.9 Å². The third-order valence-electron chi connectivity index (χ3n) is 13.0. The highest BCUT2D eigenvalue weighted by molar-refractivity contribution is 7.94. The predicted molar refractivity (Wildman–Crippen MR) is 254 cm³/mol. The van der Waals surface area contributed by atoms with E-state index in [4.69, 9.17) is 0 Å². The van der Waals surface area contributed by atoms with E-state index in [1.165, 1.54) is 23.1 Å². The van der Waals surface area contributed by atoms with Crippen LogP contribution in [0.15, 0.2) is 80.9 Å². The molecule has 0 spiro atoms. The molecule has 0 fully saturated rings. The van der Waals surface area contributed by atoms with Crippen molar-refractivity contribution in [1.82, 2.24) is 0 Å². The third kappa shape index (κ3) is 15.7. The van der Waals surface area contributed by atoms with E-state index in [-0.39, 0.29) is 106 Å². The van der Waals surface area contributed by atoms with Crippen molar-refractivity contribution < 1.29 is 106 Å². The summed E-state index contributed by atoms with van der Waals surface area (Å²) < 4.78 is 156. The van der Waals surface area contributed by atoms with E-state index in [0.717, 1.165) is 12.1 Å². The molecule has 24 nitrogen and oxygen atoms in total. The standard InChI is InChI=1S/C44H58N2O22S6/c1-2-3-16-43(18-8-23-71(53,54)55)35-27-31(74(62,63)64)13-15-37(35)46(21-10-25-73(59,60)61)38(43)28-32-41(49)33(42(32)50)29-39-44(17-7-22-69-67-65-51,19-9-24-72(56,57)58)34-26-30(70-68-66-52)12-14-36(34)45(39)20-6-4-5-11-40(47)48/h12-15,26-29H,2-11,16-25H2,1H3,(H7-,47,48,49,50,51,52,53,54,55,56,57,58,59,60,61,62,63,64)/p-6/t43-,44+/m1/s1. The van der Waals surface area contributed by atoms with Crippen LogP contribution in [0.4, 0.5) is 11.4 Å². The molecule has 2 aliphatic heterocycles. The van der Waals surface area contributed by atoms with E-state index in [9.17, 15) is 82.2 Å². The number of Topliss-reactive ketones (excluding diaryl/α,β-unsaturated/α-hetero) is 1. The fraction of sp³-hybridized carbons (Fsp3) is 0.523. The minimum atomic E-state index is -5.14. The summed E-state index contributed by atoms with van der Waals surface area (Å²) in [7, 11) is -19.6. The summed E-state index contributed by atoms with van der Waals surface area (Å²) in [6, 6.07) is 8.10. The van der Waals surface area contributed by atoms with Gasteiger partial charge in [-0.2, -0.15) is 13.2 Å². The van der Waals surface area contributed by atoms with Gasteiger partial charge in [0.05, 0.1) is 52.7 Å².